The molecule has 4 heteroatoms. The van der Waals surface area contributed by atoms with E-state index in [2.05, 4.69) is 23.2 Å². The molecule has 1 aromatic rings. The monoisotopic (exact) mass is 212 g/mol. The van der Waals surface area contributed by atoms with Crippen LogP contribution in [0.5, 0.6) is 0 Å². The van der Waals surface area contributed by atoms with Crippen LogP contribution in [0.4, 0.5) is 0 Å². The minimum atomic E-state index is -0.326. The average molecular weight is 212 g/mol. The predicted octanol–water partition coefficient (Wildman–Crippen LogP) is 2.43. The zero-order valence-corrected chi connectivity index (χ0v) is 9.89. The number of carbonyl (C=O) groups excluding carboxylic acids is 1. The lowest BCUT2D eigenvalue weighted by Crippen LogP contribution is -2.16. The van der Waals surface area contributed by atoms with Gasteiger partial charge in [-0.15, -0.1) is 0 Å². The Morgan fingerprint density at radius 3 is 2.57 bits per heavy atom. The topological polar surface area (TPSA) is 42.9 Å². The molecule has 0 saturated carbocycles. The third kappa shape index (κ3) is 2.87. The second-order valence-electron chi connectivity index (χ2n) is 4.48. The Morgan fingerprint density at radius 2 is 2.14 bits per heavy atom. The summed E-state index contributed by atoms with van der Waals surface area (Å²) in [4.78, 5) is 15.1. The number of hydrogen-bond acceptors (Lipinski definition) is 4. The molecule has 3 nitrogen and oxygen atoms in total. The van der Waals surface area contributed by atoms with Gasteiger partial charge in [0.2, 0.25) is 0 Å². The van der Waals surface area contributed by atoms with E-state index in [1.54, 1.807) is 0 Å². The Labute approximate surface area is 88.7 Å². The third-order valence-corrected chi connectivity index (χ3v) is 2.65. The van der Waals surface area contributed by atoms with E-state index >= 15 is 0 Å². The van der Waals surface area contributed by atoms with Gasteiger partial charge < -0.3 is 4.79 Å². The molecule has 0 saturated heterocycles. The minimum absolute atomic E-state index is 0.326. The molecule has 0 aromatic carbocycles. The van der Waals surface area contributed by atoms with Crippen LogP contribution < -0.4 is 0 Å². The molecule has 0 N–H and O–H groups in total. The van der Waals surface area contributed by atoms with Crippen molar-refractivity contribution in [1.29, 1.82) is 0 Å². The van der Waals surface area contributed by atoms with Crippen LogP contribution in [0.25, 0.3) is 0 Å². The Bertz CT molecular complexity index is 318. The first-order valence-corrected chi connectivity index (χ1v) is 5.51. The number of nitrogens with zero attached hydrogens (tertiary/aromatic N) is 2. The van der Waals surface area contributed by atoms with Gasteiger partial charge in [0.05, 0.1) is 0 Å². The van der Waals surface area contributed by atoms with Crippen molar-refractivity contribution in [2.75, 3.05) is 0 Å². The third-order valence-electron chi connectivity index (χ3n) is 1.93. The number of rotatable bonds is 4. The largest absolute Gasteiger partial charge is 0.303 e. The quantitative estimate of drug-likeness (QED) is 0.720. The summed E-state index contributed by atoms with van der Waals surface area (Å²) in [5.41, 5.74) is -0.326. The molecule has 0 aliphatic carbocycles. The minimum Gasteiger partial charge on any atom is -0.303 e. The highest BCUT2D eigenvalue weighted by molar-refractivity contribution is 7.05. The highest BCUT2D eigenvalue weighted by Gasteiger charge is 2.20. The van der Waals surface area contributed by atoms with E-state index in [0.29, 0.717) is 12.3 Å². The Hall–Kier alpha value is -0.770. The van der Waals surface area contributed by atoms with Crippen molar-refractivity contribution in [2.24, 2.45) is 5.41 Å². The average Bonchev–Trinajstić information content (AvgIpc) is 2.52. The highest BCUT2D eigenvalue weighted by Crippen LogP contribution is 2.21. The van der Waals surface area contributed by atoms with Gasteiger partial charge in [-0.25, -0.2) is 4.98 Å². The summed E-state index contributed by atoms with van der Waals surface area (Å²) in [6.45, 7) is 7.96. The Balaban J connectivity index is 2.73. The molecular formula is C10H16N2OS. The molecule has 78 valence electrons. The Kier molecular flexibility index (Phi) is 3.37. The summed E-state index contributed by atoms with van der Waals surface area (Å²) < 4.78 is 4.25. The number of hydrogen-bond donors (Lipinski definition) is 0. The summed E-state index contributed by atoms with van der Waals surface area (Å²) in [6.07, 6.45) is 1.66. The van der Waals surface area contributed by atoms with Crippen molar-refractivity contribution in [3.05, 3.63) is 10.8 Å². The van der Waals surface area contributed by atoms with E-state index in [-0.39, 0.29) is 5.41 Å². The van der Waals surface area contributed by atoms with Crippen LogP contribution in [0.15, 0.2) is 0 Å². The van der Waals surface area contributed by atoms with Gasteiger partial charge in [-0.05, 0) is 11.5 Å². The van der Waals surface area contributed by atoms with E-state index in [1.165, 1.54) is 11.5 Å². The molecule has 0 radical (unpaired) electrons. The van der Waals surface area contributed by atoms with Crippen LogP contribution in [0.1, 0.15) is 44.4 Å². The normalized spacial score (nSPS) is 12.1. The first-order chi connectivity index (χ1) is 6.44. The molecule has 0 bridgehead atoms. The molecule has 0 atom stereocenters. The van der Waals surface area contributed by atoms with Crippen LogP contribution in [-0.4, -0.2) is 15.6 Å². The second kappa shape index (κ2) is 4.17. The zero-order valence-electron chi connectivity index (χ0n) is 9.07. The van der Waals surface area contributed by atoms with Gasteiger partial charge >= 0.3 is 0 Å². The van der Waals surface area contributed by atoms with Crippen LogP contribution in [0.3, 0.4) is 0 Å². The van der Waals surface area contributed by atoms with Crippen molar-refractivity contribution >= 4 is 17.8 Å². The fourth-order valence-corrected chi connectivity index (χ4v) is 2.03. The van der Waals surface area contributed by atoms with Crippen molar-refractivity contribution in [3.8, 4) is 0 Å². The second-order valence-corrected chi connectivity index (χ2v) is 5.32. The molecule has 1 aromatic heterocycles. The van der Waals surface area contributed by atoms with Crippen molar-refractivity contribution in [2.45, 2.75) is 40.0 Å². The first kappa shape index (κ1) is 11.3. The van der Waals surface area contributed by atoms with E-state index in [4.69, 9.17) is 0 Å². The highest BCUT2D eigenvalue weighted by atomic mass is 32.1. The van der Waals surface area contributed by atoms with E-state index in [1.807, 2.05) is 13.8 Å². The molecule has 0 unspecified atom stereocenters. The van der Waals surface area contributed by atoms with E-state index < -0.39 is 0 Å². The maximum atomic E-state index is 10.7. The van der Waals surface area contributed by atoms with Gasteiger partial charge in [-0.2, -0.15) is 4.37 Å². The molecule has 0 aliphatic heterocycles. The Morgan fingerprint density at radius 1 is 1.50 bits per heavy atom. The van der Waals surface area contributed by atoms with Gasteiger partial charge in [0.15, 0.2) is 0 Å². The summed E-state index contributed by atoms with van der Waals surface area (Å²) in [5.74, 6) is 1.24. The number of aromatic nitrogens is 2. The van der Waals surface area contributed by atoms with E-state index in [0.717, 1.165) is 17.1 Å². The number of carbonyl (C=O) groups is 1. The molecule has 0 spiro atoms. The van der Waals surface area contributed by atoms with Crippen molar-refractivity contribution in [1.82, 2.24) is 9.36 Å². The van der Waals surface area contributed by atoms with Gasteiger partial charge in [0.1, 0.15) is 17.1 Å². The first-order valence-electron chi connectivity index (χ1n) is 4.73. The SMILES string of the molecule is CC(C)c1nsc(CC(C)(C)C=O)n1. The smallest absolute Gasteiger partial charge is 0.145 e. The van der Waals surface area contributed by atoms with Crippen LogP contribution >= 0.6 is 11.5 Å². The van der Waals surface area contributed by atoms with Crippen molar-refractivity contribution < 1.29 is 4.79 Å². The summed E-state index contributed by atoms with van der Waals surface area (Å²) in [5, 5.41) is 0.950. The van der Waals surface area contributed by atoms with Gasteiger partial charge in [0.25, 0.3) is 0 Å². The molecule has 0 amide bonds. The van der Waals surface area contributed by atoms with Gasteiger partial charge in [-0.3, -0.25) is 0 Å². The fourth-order valence-electron chi connectivity index (χ4n) is 1.01. The maximum Gasteiger partial charge on any atom is 0.145 e. The molecule has 1 heterocycles. The molecule has 0 fully saturated rings. The van der Waals surface area contributed by atoms with Crippen LogP contribution in [0.2, 0.25) is 0 Å². The summed E-state index contributed by atoms with van der Waals surface area (Å²) >= 11 is 1.40. The molecule has 14 heavy (non-hydrogen) atoms. The van der Waals surface area contributed by atoms with Crippen LogP contribution in [0, 0.1) is 5.41 Å². The van der Waals surface area contributed by atoms with Crippen molar-refractivity contribution in [3.63, 3.8) is 0 Å². The zero-order chi connectivity index (χ0) is 10.8. The summed E-state index contributed by atoms with van der Waals surface area (Å²) in [7, 11) is 0. The van der Waals surface area contributed by atoms with Crippen LogP contribution in [-0.2, 0) is 11.2 Å². The predicted molar refractivity (Wildman–Crippen MR) is 57.5 cm³/mol. The molecule has 0 aliphatic rings. The number of aldehydes is 1. The molecule has 1 rings (SSSR count). The van der Waals surface area contributed by atoms with E-state index in [9.17, 15) is 4.79 Å². The summed E-state index contributed by atoms with van der Waals surface area (Å²) in [6, 6.07) is 0. The van der Waals surface area contributed by atoms with Gasteiger partial charge in [0, 0.05) is 17.8 Å². The lowest BCUT2D eigenvalue weighted by Gasteiger charge is -2.13. The standard InChI is InChI=1S/C10H16N2OS/c1-7(2)9-11-8(14-12-9)5-10(3,4)6-13/h6-7H,5H2,1-4H3. The maximum absolute atomic E-state index is 10.7. The lowest BCUT2D eigenvalue weighted by atomic mass is 9.92. The molecular weight excluding hydrogens is 196 g/mol. The lowest BCUT2D eigenvalue weighted by molar-refractivity contribution is -0.114. The fraction of sp³-hybridized carbons (Fsp3) is 0.700. The van der Waals surface area contributed by atoms with Gasteiger partial charge in [-0.1, -0.05) is 27.7 Å².